The lowest BCUT2D eigenvalue weighted by Crippen LogP contribution is -2.50. The molecule has 2 fully saturated rings. The van der Waals surface area contributed by atoms with Gasteiger partial charge in [-0.15, -0.1) is 0 Å². The minimum Gasteiger partial charge on any atom is -0.466 e. The molecule has 0 aromatic heterocycles. The number of hydrogen-bond acceptors (Lipinski definition) is 7. The topological polar surface area (TPSA) is 97.4 Å². The second-order valence-corrected chi connectivity index (χ2v) is 8.35. The number of anilines is 2. The van der Waals surface area contributed by atoms with E-state index in [0.29, 0.717) is 50.5 Å². The molecule has 0 bridgehead atoms. The molecular formula is C22H30FN3O6. The summed E-state index contributed by atoms with van der Waals surface area (Å²) in [6, 6.07) is 4.67. The van der Waals surface area contributed by atoms with Gasteiger partial charge in [0.25, 0.3) is 0 Å². The summed E-state index contributed by atoms with van der Waals surface area (Å²) in [5.74, 6) is -0.963. The quantitative estimate of drug-likeness (QED) is 0.478. The molecule has 0 spiro atoms. The molecule has 1 aromatic carbocycles. The van der Waals surface area contributed by atoms with Crippen LogP contribution in [0.1, 0.15) is 33.6 Å². The van der Waals surface area contributed by atoms with Gasteiger partial charge in [0.1, 0.15) is 11.9 Å². The maximum atomic E-state index is 15.0. The number of rotatable bonds is 8. The van der Waals surface area contributed by atoms with Gasteiger partial charge in [-0.2, -0.15) is 0 Å². The van der Waals surface area contributed by atoms with Crippen LogP contribution in [-0.2, 0) is 23.8 Å². The normalized spacial score (nSPS) is 23.1. The number of hydrogen-bond donors (Lipinski definition) is 1. The number of cyclic esters (lactones) is 1. The van der Waals surface area contributed by atoms with Crippen LogP contribution in [0.15, 0.2) is 18.2 Å². The molecule has 2 aliphatic rings. The van der Waals surface area contributed by atoms with Gasteiger partial charge in [0.15, 0.2) is 0 Å². The van der Waals surface area contributed by atoms with E-state index >= 15 is 4.39 Å². The van der Waals surface area contributed by atoms with Crippen molar-refractivity contribution in [3.05, 3.63) is 24.0 Å². The minimum atomic E-state index is -0.570. The summed E-state index contributed by atoms with van der Waals surface area (Å²) in [7, 11) is 0. The Balaban J connectivity index is 1.62. The Labute approximate surface area is 186 Å². The average Bonchev–Trinajstić information content (AvgIpc) is 3.10. The van der Waals surface area contributed by atoms with E-state index in [2.05, 4.69) is 5.32 Å². The van der Waals surface area contributed by atoms with Crippen molar-refractivity contribution >= 4 is 29.3 Å². The molecule has 0 aliphatic carbocycles. The molecule has 1 unspecified atom stereocenters. The van der Waals surface area contributed by atoms with Crippen LogP contribution in [0, 0.1) is 5.82 Å². The fraction of sp³-hybridized carbons (Fsp3) is 0.591. The second kappa shape index (κ2) is 10.2. The number of amides is 2. The van der Waals surface area contributed by atoms with E-state index in [1.54, 1.807) is 12.1 Å². The Morgan fingerprint density at radius 3 is 2.81 bits per heavy atom. The highest BCUT2D eigenvalue weighted by Crippen LogP contribution is 2.31. The van der Waals surface area contributed by atoms with Crippen LogP contribution < -0.4 is 15.1 Å². The molecule has 10 heteroatoms. The zero-order chi connectivity index (χ0) is 23.3. The predicted molar refractivity (Wildman–Crippen MR) is 115 cm³/mol. The van der Waals surface area contributed by atoms with Crippen molar-refractivity contribution in [2.24, 2.45) is 0 Å². The van der Waals surface area contributed by atoms with Crippen LogP contribution in [-0.4, -0.2) is 69.1 Å². The number of nitrogens with zero attached hydrogens (tertiary/aromatic N) is 2. The third-order valence-corrected chi connectivity index (χ3v) is 5.53. The van der Waals surface area contributed by atoms with Crippen molar-refractivity contribution in [1.29, 1.82) is 0 Å². The summed E-state index contributed by atoms with van der Waals surface area (Å²) in [5.41, 5.74) is 0.351. The zero-order valence-electron chi connectivity index (χ0n) is 18.7. The summed E-state index contributed by atoms with van der Waals surface area (Å²) in [5, 5.41) is 2.61. The molecule has 9 nitrogen and oxygen atoms in total. The molecule has 1 aromatic rings. The van der Waals surface area contributed by atoms with Crippen molar-refractivity contribution in [3.63, 3.8) is 0 Å². The average molecular weight is 451 g/mol. The van der Waals surface area contributed by atoms with Crippen LogP contribution in [0.25, 0.3) is 0 Å². The first-order valence-electron chi connectivity index (χ1n) is 10.7. The van der Waals surface area contributed by atoms with Crippen LogP contribution in [0.3, 0.4) is 0 Å². The number of halogens is 1. The van der Waals surface area contributed by atoms with Crippen molar-refractivity contribution in [2.75, 3.05) is 49.2 Å². The molecule has 2 amide bonds. The number of ether oxygens (including phenoxy) is 3. The number of esters is 1. The maximum absolute atomic E-state index is 15.0. The molecule has 2 aliphatic heterocycles. The molecule has 3 rings (SSSR count). The molecule has 1 N–H and O–H groups in total. The van der Waals surface area contributed by atoms with Gasteiger partial charge < -0.3 is 24.4 Å². The van der Waals surface area contributed by atoms with Crippen molar-refractivity contribution < 1.29 is 33.0 Å². The number of nitrogens with one attached hydrogen (secondary N) is 1. The van der Waals surface area contributed by atoms with E-state index < -0.39 is 23.6 Å². The van der Waals surface area contributed by atoms with Gasteiger partial charge in [-0.1, -0.05) is 0 Å². The largest absolute Gasteiger partial charge is 0.466 e. The number of carbonyl (C=O) groups excluding carboxylic acids is 3. The molecule has 2 saturated heterocycles. The van der Waals surface area contributed by atoms with Gasteiger partial charge in [0, 0.05) is 26.9 Å². The summed E-state index contributed by atoms with van der Waals surface area (Å²) >= 11 is 0. The van der Waals surface area contributed by atoms with E-state index in [0.717, 1.165) is 0 Å². The standard InChI is InChI=1S/C22H30FN3O6/c1-15(27)24-12-18-13-26(21(29)32-18)17-5-6-20(19(23)11-17)25-8-10-31-22(3,14-25)7-4-9-30-16(2)28/h5-6,11,18H,4,7-10,12-14H2,1-3H3,(H,24,27)/t18-,22?/m0/s1. The first-order valence-corrected chi connectivity index (χ1v) is 10.7. The highest BCUT2D eigenvalue weighted by molar-refractivity contribution is 5.90. The molecule has 2 heterocycles. The Bertz CT molecular complexity index is 866. The maximum Gasteiger partial charge on any atom is 0.414 e. The minimum absolute atomic E-state index is 0.209. The van der Waals surface area contributed by atoms with Crippen LogP contribution >= 0.6 is 0 Å². The second-order valence-electron chi connectivity index (χ2n) is 8.35. The van der Waals surface area contributed by atoms with Crippen LogP contribution in [0.2, 0.25) is 0 Å². The lowest BCUT2D eigenvalue weighted by molar-refractivity contribution is -0.141. The van der Waals surface area contributed by atoms with Crippen LogP contribution in [0.4, 0.5) is 20.6 Å². The lowest BCUT2D eigenvalue weighted by Gasteiger charge is -2.42. The van der Waals surface area contributed by atoms with Crippen molar-refractivity contribution in [1.82, 2.24) is 5.32 Å². The highest BCUT2D eigenvalue weighted by atomic mass is 19.1. The summed E-state index contributed by atoms with van der Waals surface area (Å²) < 4.78 is 31.2. The fourth-order valence-corrected chi connectivity index (χ4v) is 3.97. The predicted octanol–water partition coefficient (Wildman–Crippen LogP) is 2.23. The Morgan fingerprint density at radius 2 is 2.12 bits per heavy atom. The lowest BCUT2D eigenvalue weighted by atomic mass is 9.97. The summed E-state index contributed by atoms with van der Waals surface area (Å²) in [4.78, 5) is 37.5. The monoisotopic (exact) mass is 451 g/mol. The van der Waals surface area contributed by atoms with E-state index in [1.165, 1.54) is 24.8 Å². The highest BCUT2D eigenvalue weighted by Gasteiger charge is 2.35. The number of morpholine rings is 1. The van der Waals surface area contributed by atoms with Crippen molar-refractivity contribution in [3.8, 4) is 0 Å². The van der Waals surface area contributed by atoms with Gasteiger partial charge in [0.05, 0.1) is 43.3 Å². The van der Waals surface area contributed by atoms with E-state index in [9.17, 15) is 14.4 Å². The summed E-state index contributed by atoms with van der Waals surface area (Å²) in [6.07, 6.45) is 0.272. The molecule has 2 atom stereocenters. The van der Waals surface area contributed by atoms with Gasteiger partial charge in [0.2, 0.25) is 5.91 Å². The zero-order valence-corrected chi connectivity index (χ0v) is 18.7. The van der Waals surface area contributed by atoms with E-state index in [1.807, 2.05) is 11.8 Å². The van der Waals surface area contributed by atoms with E-state index in [-0.39, 0.29) is 25.0 Å². The Kier molecular flexibility index (Phi) is 7.55. The molecule has 0 saturated carbocycles. The van der Waals surface area contributed by atoms with Gasteiger partial charge in [-0.25, -0.2) is 9.18 Å². The molecule has 0 radical (unpaired) electrons. The molecular weight excluding hydrogens is 421 g/mol. The Hall–Kier alpha value is -2.88. The number of benzene rings is 1. The SMILES string of the molecule is CC(=O)NC[C@H]1CN(c2ccc(N3CCOC(C)(CCCOC(C)=O)C3)c(F)c2)C(=O)O1. The molecule has 176 valence electrons. The van der Waals surface area contributed by atoms with Crippen molar-refractivity contribution in [2.45, 2.75) is 45.3 Å². The first-order chi connectivity index (χ1) is 15.2. The smallest absolute Gasteiger partial charge is 0.414 e. The van der Waals surface area contributed by atoms with Crippen LogP contribution in [0.5, 0.6) is 0 Å². The van der Waals surface area contributed by atoms with Gasteiger partial charge >= 0.3 is 12.1 Å². The third kappa shape index (κ3) is 6.09. The Morgan fingerprint density at radius 1 is 1.34 bits per heavy atom. The first kappa shape index (κ1) is 23.8. The van der Waals surface area contributed by atoms with E-state index in [4.69, 9.17) is 14.2 Å². The third-order valence-electron chi connectivity index (χ3n) is 5.53. The summed E-state index contributed by atoms with van der Waals surface area (Å²) in [6.45, 7) is 6.98. The fourth-order valence-electron chi connectivity index (χ4n) is 3.97. The van der Waals surface area contributed by atoms with Gasteiger partial charge in [-0.05, 0) is 38.0 Å². The molecule has 32 heavy (non-hydrogen) atoms. The van der Waals surface area contributed by atoms with Gasteiger partial charge in [-0.3, -0.25) is 14.5 Å². The number of carbonyl (C=O) groups is 3.